The summed E-state index contributed by atoms with van der Waals surface area (Å²) in [6.45, 7) is 0.610. The molecule has 0 saturated heterocycles. The van der Waals surface area contributed by atoms with Crippen LogP contribution in [0.15, 0.2) is 17.1 Å². The van der Waals surface area contributed by atoms with Crippen LogP contribution in [0.4, 0.5) is 5.00 Å². The highest BCUT2D eigenvalue weighted by atomic mass is 32.1. The normalized spacial score (nSPS) is 17.2. The Hall–Kier alpha value is -1.23. The molecule has 0 unspecified atom stereocenters. The monoisotopic (exact) mass is 233 g/mol. The smallest absolute Gasteiger partial charge is 0.291 e. The van der Waals surface area contributed by atoms with Crippen molar-refractivity contribution in [3.8, 4) is 0 Å². The van der Waals surface area contributed by atoms with Crippen LogP contribution in [-0.4, -0.2) is 17.7 Å². The van der Waals surface area contributed by atoms with Crippen LogP contribution in [0.25, 0.3) is 0 Å². The molecular formula is C11H9N2O2S. The van der Waals surface area contributed by atoms with Gasteiger partial charge < -0.3 is 0 Å². The molecule has 1 fully saturated rings. The number of nitro groups is 1. The maximum absolute atomic E-state index is 10.4. The van der Waals surface area contributed by atoms with Crippen molar-refractivity contribution in [2.45, 2.75) is 0 Å². The predicted octanol–water partition coefficient (Wildman–Crippen LogP) is 2.48. The number of thiophene rings is 1. The highest BCUT2D eigenvalue weighted by Crippen LogP contribution is 2.24. The Morgan fingerprint density at radius 3 is 2.75 bits per heavy atom. The Morgan fingerprint density at radius 1 is 1.38 bits per heavy atom. The highest BCUT2D eigenvalue weighted by molar-refractivity contribution is 7.16. The molecular weight excluding hydrogens is 224 g/mol. The third-order valence-corrected chi connectivity index (χ3v) is 2.99. The molecule has 1 aromatic heterocycles. The minimum Gasteiger partial charge on any atom is -0.291 e. The second-order valence-corrected chi connectivity index (χ2v) is 4.29. The predicted molar refractivity (Wildman–Crippen MR) is 63.9 cm³/mol. The SMILES string of the molecule is O=[N+]([O-])c1ccc(C=NC[C]2[CH][CH][CH][CH]2)s1. The van der Waals surface area contributed by atoms with Gasteiger partial charge in [-0.25, -0.2) is 0 Å². The minimum atomic E-state index is -0.390. The summed E-state index contributed by atoms with van der Waals surface area (Å²) in [5.41, 5.74) is 0. The van der Waals surface area contributed by atoms with Crippen LogP contribution in [0.1, 0.15) is 4.88 Å². The first-order chi connectivity index (χ1) is 7.75. The Bertz CT molecular complexity index is 394. The Labute approximate surface area is 98.2 Å². The fraction of sp³-hybridized carbons (Fsp3) is 0.0909. The number of hydrogen-bond acceptors (Lipinski definition) is 4. The van der Waals surface area contributed by atoms with Crippen LogP contribution >= 0.6 is 11.3 Å². The van der Waals surface area contributed by atoms with Gasteiger partial charge in [0.05, 0.1) is 9.80 Å². The summed E-state index contributed by atoms with van der Waals surface area (Å²) < 4.78 is 0. The summed E-state index contributed by atoms with van der Waals surface area (Å²) in [6.07, 6.45) is 9.58. The molecule has 0 bridgehead atoms. The van der Waals surface area contributed by atoms with Crippen LogP contribution in [0, 0.1) is 41.7 Å². The first-order valence-electron chi connectivity index (χ1n) is 4.70. The average molecular weight is 233 g/mol. The summed E-state index contributed by atoms with van der Waals surface area (Å²) >= 11 is 1.13. The van der Waals surface area contributed by atoms with Crippen molar-refractivity contribution in [2.24, 2.45) is 4.99 Å². The molecule has 1 aliphatic rings. The van der Waals surface area contributed by atoms with E-state index >= 15 is 0 Å². The Balaban J connectivity index is 1.87. The van der Waals surface area contributed by atoms with E-state index in [1.165, 1.54) is 6.07 Å². The molecule has 2 rings (SSSR count). The van der Waals surface area contributed by atoms with E-state index in [9.17, 15) is 10.1 Å². The van der Waals surface area contributed by atoms with Gasteiger partial charge in [-0.05, 0) is 31.7 Å². The minimum absolute atomic E-state index is 0.148. The van der Waals surface area contributed by atoms with Crippen molar-refractivity contribution in [3.05, 3.63) is 58.7 Å². The molecule has 81 valence electrons. The summed E-state index contributed by atoms with van der Waals surface area (Å²) in [5, 5.41) is 10.6. The van der Waals surface area contributed by atoms with E-state index in [1.54, 1.807) is 12.3 Å². The van der Waals surface area contributed by atoms with E-state index in [2.05, 4.69) is 4.99 Å². The fourth-order valence-corrected chi connectivity index (χ4v) is 1.99. The summed E-state index contributed by atoms with van der Waals surface area (Å²) in [4.78, 5) is 15.1. The third-order valence-electron chi connectivity index (χ3n) is 2.02. The lowest BCUT2D eigenvalue weighted by atomic mass is 10.1. The molecule has 0 spiro atoms. The Kier molecular flexibility index (Phi) is 3.66. The summed E-state index contributed by atoms with van der Waals surface area (Å²) in [5.74, 6) is 1.14. The molecule has 0 aromatic carbocycles. The van der Waals surface area contributed by atoms with E-state index < -0.39 is 0 Å². The maximum atomic E-state index is 10.4. The van der Waals surface area contributed by atoms with Crippen molar-refractivity contribution < 1.29 is 4.92 Å². The first kappa shape index (κ1) is 11.3. The number of hydrogen-bond donors (Lipinski definition) is 0. The van der Waals surface area contributed by atoms with Gasteiger partial charge in [0.25, 0.3) is 0 Å². The topological polar surface area (TPSA) is 55.5 Å². The van der Waals surface area contributed by atoms with Crippen molar-refractivity contribution in [3.63, 3.8) is 0 Å². The van der Waals surface area contributed by atoms with Gasteiger partial charge in [-0.3, -0.25) is 15.1 Å². The van der Waals surface area contributed by atoms with Gasteiger partial charge in [0.2, 0.25) is 0 Å². The highest BCUT2D eigenvalue weighted by Gasteiger charge is 2.15. The Morgan fingerprint density at radius 2 is 2.12 bits per heavy atom. The lowest BCUT2D eigenvalue weighted by Crippen LogP contribution is -1.96. The molecule has 1 aromatic rings. The van der Waals surface area contributed by atoms with Crippen molar-refractivity contribution >= 4 is 22.6 Å². The van der Waals surface area contributed by atoms with Crippen LogP contribution in [0.2, 0.25) is 0 Å². The van der Waals surface area contributed by atoms with Gasteiger partial charge in [0.1, 0.15) is 0 Å². The zero-order valence-corrected chi connectivity index (χ0v) is 9.18. The molecule has 5 radical (unpaired) electrons. The maximum Gasteiger partial charge on any atom is 0.324 e. The molecule has 0 aliphatic heterocycles. The van der Waals surface area contributed by atoms with Crippen LogP contribution in [0.5, 0.6) is 0 Å². The standard InChI is InChI=1S/C11H9N2O2S/c14-13(15)11-6-5-10(16-11)8-12-7-9-3-1-2-4-9/h1-6,8H,7H2. The number of aliphatic imine (C=N–C) groups is 1. The van der Waals surface area contributed by atoms with Gasteiger partial charge in [-0.2, -0.15) is 0 Å². The average Bonchev–Trinajstić information content (AvgIpc) is 2.87. The number of nitrogens with zero attached hydrogens (tertiary/aromatic N) is 2. The molecule has 1 aliphatic carbocycles. The van der Waals surface area contributed by atoms with Gasteiger partial charge in [-0.1, -0.05) is 11.3 Å². The van der Waals surface area contributed by atoms with Crippen LogP contribution in [-0.2, 0) is 0 Å². The van der Waals surface area contributed by atoms with E-state index in [-0.39, 0.29) is 9.92 Å². The second kappa shape index (κ2) is 5.21. The molecule has 4 nitrogen and oxygen atoms in total. The van der Waals surface area contributed by atoms with Gasteiger partial charge >= 0.3 is 5.00 Å². The van der Waals surface area contributed by atoms with Crippen molar-refractivity contribution in [1.82, 2.24) is 0 Å². The van der Waals surface area contributed by atoms with E-state index in [0.29, 0.717) is 6.54 Å². The molecule has 5 heteroatoms. The molecule has 0 amide bonds. The summed E-state index contributed by atoms with van der Waals surface area (Å²) in [7, 11) is 0. The molecule has 0 N–H and O–H groups in total. The lowest BCUT2D eigenvalue weighted by Gasteiger charge is -2.00. The third kappa shape index (κ3) is 2.88. The van der Waals surface area contributed by atoms with E-state index in [1.807, 2.05) is 25.7 Å². The molecule has 0 atom stereocenters. The van der Waals surface area contributed by atoms with Gasteiger partial charge in [0, 0.05) is 24.7 Å². The zero-order chi connectivity index (χ0) is 11.4. The molecule has 1 saturated carbocycles. The van der Waals surface area contributed by atoms with Crippen LogP contribution in [0.3, 0.4) is 0 Å². The van der Waals surface area contributed by atoms with E-state index in [0.717, 1.165) is 22.1 Å². The van der Waals surface area contributed by atoms with Crippen molar-refractivity contribution in [2.75, 3.05) is 6.54 Å². The molecule has 1 heterocycles. The number of rotatable bonds is 4. The molecule has 16 heavy (non-hydrogen) atoms. The second-order valence-electron chi connectivity index (χ2n) is 3.20. The van der Waals surface area contributed by atoms with Crippen LogP contribution < -0.4 is 0 Å². The zero-order valence-electron chi connectivity index (χ0n) is 8.37. The van der Waals surface area contributed by atoms with Crippen molar-refractivity contribution in [1.29, 1.82) is 0 Å². The quantitative estimate of drug-likeness (QED) is 0.455. The summed E-state index contributed by atoms with van der Waals surface area (Å²) in [6, 6.07) is 3.20. The largest absolute Gasteiger partial charge is 0.324 e. The fourth-order valence-electron chi connectivity index (χ4n) is 1.27. The van der Waals surface area contributed by atoms with Gasteiger partial charge in [-0.15, -0.1) is 0 Å². The first-order valence-corrected chi connectivity index (χ1v) is 5.52. The lowest BCUT2D eigenvalue weighted by molar-refractivity contribution is -0.380. The van der Waals surface area contributed by atoms with Gasteiger partial charge in [0.15, 0.2) is 0 Å². The van der Waals surface area contributed by atoms with E-state index in [4.69, 9.17) is 0 Å².